The molecule has 2 heterocycles. The molecule has 0 aliphatic carbocycles. The molecular weight excluding hydrogens is 394 g/mol. The van der Waals surface area contributed by atoms with E-state index in [-0.39, 0.29) is 12.1 Å². The lowest BCUT2D eigenvalue weighted by atomic mass is 9.96. The Morgan fingerprint density at radius 1 is 1.16 bits per heavy atom. The van der Waals surface area contributed by atoms with Crippen LogP contribution >= 0.6 is 0 Å². The van der Waals surface area contributed by atoms with Gasteiger partial charge in [0.25, 0.3) is 0 Å². The lowest BCUT2D eigenvalue weighted by Gasteiger charge is -2.32. The highest BCUT2D eigenvalue weighted by Crippen LogP contribution is 2.31. The van der Waals surface area contributed by atoms with Crippen molar-refractivity contribution in [2.24, 2.45) is 7.05 Å². The average Bonchev–Trinajstić information content (AvgIpc) is 3.22. The second-order valence-corrected chi connectivity index (χ2v) is 8.14. The summed E-state index contributed by atoms with van der Waals surface area (Å²) in [5.41, 5.74) is 0.997. The number of urea groups is 1. The smallest absolute Gasteiger partial charge is 0.317 e. The first kappa shape index (κ1) is 22.9. The fraction of sp³-hybridized carbons (Fsp3) is 0.609. The van der Waals surface area contributed by atoms with Crippen LogP contribution < -0.4 is 14.8 Å². The molecule has 1 N–H and O–H groups in total. The molecular formula is C23H35N5O3. The first-order chi connectivity index (χ1) is 15.0. The van der Waals surface area contributed by atoms with Crippen molar-refractivity contribution in [2.45, 2.75) is 58.4 Å². The Labute approximate surface area is 184 Å². The number of aryl methyl sites for hydroxylation is 1. The number of piperidine rings is 1. The number of benzene rings is 1. The van der Waals surface area contributed by atoms with Crippen LogP contribution in [-0.2, 0) is 7.05 Å². The molecule has 0 saturated carbocycles. The van der Waals surface area contributed by atoms with Gasteiger partial charge in [-0.25, -0.2) is 4.79 Å². The lowest BCUT2D eigenvalue weighted by Crippen LogP contribution is -2.45. The number of nitrogens with one attached hydrogen (secondary N) is 1. The highest BCUT2D eigenvalue weighted by molar-refractivity contribution is 5.74. The molecule has 0 spiro atoms. The van der Waals surface area contributed by atoms with Gasteiger partial charge in [0.1, 0.15) is 12.2 Å². The first-order valence-electron chi connectivity index (χ1n) is 11.3. The Hall–Kier alpha value is -2.77. The molecule has 1 fully saturated rings. The minimum Gasteiger partial charge on any atom is -0.490 e. The number of rotatable bonds is 9. The fourth-order valence-corrected chi connectivity index (χ4v) is 3.81. The van der Waals surface area contributed by atoms with Crippen LogP contribution in [0.15, 0.2) is 24.5 Å². The summed E-state index contributed by atoms with van der Waals surface area (Å²) in [4.78, 5) is 14.7. The maximum absolute atomic E-state index is 12.8. The van der Waals surface area contributed by atoms with Crippen LogP contribution in [0, 0.1) is 0 Å². The van der Waals surface area contributed by atoms with Gasteiger partial charge in [-0.1, -0.05) is 19.9 Å². The molecule has 8 nitrogen and oxygen atoms in total. The number of nitrogens with zero attached hydrogens (tertiary/aromatic N) is 4. The maximum Gasteiger partial charge on any atom is 0.317 e. The second-order valence-electron chi connectivity index (χ2n) is 8.14. The highest BCUT2D eigenvalue weighted by Gasteiger charge is 2.27. The molecule has 8 heteroatoms. The molecule has 3 rings (SSSR count). The number of carbonyl (C=O) groups is 1. The molecule has 0 bridgehead atoms. The first-order valence-corrected chi connectivity index (χ1v) is 11.3. The summed E-state index contributed by atoms with van der Waals surface area (Å²) >= 11 is 0. The minimum absolute atomic E-state index is 0.0359. The van der Waals surface area contributed by atoms with Gasteiger partial charge in [-0.3, -0.25) is 0 Å². The number of hydrogen-bond acceptors (Lipinski definition) is 5. The van der Waals surface area contributed by atoms with Crippen LogP contribution in [0.2, 0.25) is 0 Å². The molecule has 1 aromatic heterocycles. The third-order valence-electron chi connectivity index (χ3n) is 5.62. The quantitative estimate of drug-likeness (QED) is 0.650. The van der Waals surface area contributed by atoms with E-state index in [1.165, 1.54) is 0 Å². The zero-order valence-corrected chi connectivity index (χ0v) is 19.1. The zero-order chi connectivity index (χ0) is 22.2. The van der Waals surface area contributed by atoms with E-state index in [2.05, 4.69) is 29.4 Å². The molecule has 2 aromatic rings. The number of amides is 2. The number of likely N-dealkylation sites (tertiary alicyclic amines) is 1. The second kappa shape index (κ2) is 11.0. The van der Waals surface area contributed by atoms with Crippen molar-refractivity contribution in [1.29, 1.82) is 0 Å². The Kier molecular flexibility index (Phi) is 8.14. The third kappa shape index (κ3) is 5.89. The van der Waals surface area contributed by atoms with Crippen LogP contribution in [-0.4, -0.2) is 52.0 Å². The summed E-state index contributed by atoms with van der Waals surface area (Å²) in [6, 6.07) is 5.74. The SMILES string of the molecule is CCCOc1ccc(C(C)NC(=O)N2CCC(c3nncn3C)CC2)cc1OCCC. The van der Waals surface area contributed by atoms with Crippen molar-refractivity contribution in [2.75, 3.05) is 26.3 Å². The molecule has 1 unspecified atom stereocenters. The van der Waals surface area contributed by atoms with Crippen molar-refractivity contribution in [3.8, 4) is 11.5 Å². The van der Waals surface area contributed by atoms with Crippen molar-refractivity contribution >= 4 is 6.03 Å². The minimum atomic E-state index is -0.131. The Balaban J connectivity index is 1.58. The number of ether oxygens (including phenoxy) is 2. The van der Waals surface area contributed by atoms with E-state index in [9.17, 15) is 4.79 Å². The molecule has 1 aromatic carbocycles. The summed E-state index contributed by atoms with van der Waals surface area (Å²) in [5, 5.41) is 11.3. The van der Waals surface area contributed by atoms with Crippen LogP contribution in [0.5, 0.6) is 11.5 Å². The number of aromatic nitrogens is 3. The Bertz CT molecular complexity index is 845. The summed E-state index contributed by atoms with van der Waals surface area (Å²) in [5.74, 6) is 2.84. The van der Waals surface area contributed by atoms with Crippen LogP contribution in [0.1, 0.15) is 69.8 Å². The molecule has 2 amide bonds. The predicted molar refractivity (Wildman–Crippen MR) is 120 cm³/mol. The van der Waals surface area contributed by atoms with E-state index in [0.717, 1.165) is 48.6 Å². The third-order valence-corrected chi connectivity index (χ3v) is 5.62. The van der Waals surface area contributed by atoms with Gasteiger partial charge in [0.15, 0.2) is 11.5 Å². The van der Waals surface area contributed by atoms with Crippen molar-refractivity contribution in [3.05, 3.63) is 35.9 Å². The van der Waals surface area contributed by atoms with Crippen LogP contribution in [0.25, 0.3) is 0 Å². The van der Waals surface area contributed by atoms with Crippen LogP contribution in [0.3, 0.4) is 0 Å². The Morgan fingerprint density at radius 3 is 2.45 bits per heavy atom. The molecule has 31 heavy (non-hydrogen) atoms. The van der Waals surface area contributed by atoms with Gasteiger partial charge in [-0.2, -0.15) is 0 Å². The largest absolute Gasteiger partial charge is 0.490 e. The summed E-state index contributed by atoms with van der Waals surface area (Å²) in [6.45, 7) is 8.86. The lowest BCUT2D eigenvalue weighted by molar-refractivity contribution is 0.177. The summed E-state index contributed by atoms with van der Waals surface area (Å²) in [7, 11) is 1.97. The van der Waals surface area contributed by atoms with Gasteiger partial charge >= 0.3 is 6.03 Å². The molecule has 1 saturated heterocycles. The van der Waals surface area contributed by atoms with E-state index in [1.807, 2.05) is 41.6 Å². The number of carbonyl (C=O) groups excluding carboxylic acids is 1. The molecule has 1 atom stereocenters. The van der Waals surface area contributed by atoms with E-state index in [4.69, 9.17) is 9.47 Å². The molecule has 1 aliphatic rings. The van der Waals surface area contributed by atoms with E-state index >= 15 is 0 Å². The zero-order valence-electron chi connectivity index (χ0n) is 19.1. The van der Waals surface area contributed by atoms with Gasteiger partial charge in [0.2, 0.25) is 0 Å². The van der Waals surface area contributed by atoms with E-state index < -0.39 is 0 Å². The van der Waals surface area contributed by atoms with Gasteiger partial charge in [-0.15, -0.1) is 10.2 Å². The van der Waals surface area contributed by atoms with Crippen molar-refractivity contribution in [1.82, 2.24) is 25.0 Å². The predicted octanol–water partition coefficient (Wildman–Crippen LogP) is 4.04. The molecule has 1 aliphatic heterocycles. The normalized spacial score (nSPS) is 15.5. The van der Waals surface area contributed by atoms with Gasteiger partial charge in [-0.05, 0) is 50.3 Å². The maximum atomic E-state index is 12.8. The van der Waals surface area contributed by atoms with Gasteiger partial charge < -0.3 is 24.3 Å². The topological polar surface area (TPSA) is 81.5 Å². The fourth-order valence-electron chi connectivity index (χ4n) is 3.81. The molecule has 170 valence electrons. The van der Waals surface area contributed by atoms with E-state index in [1.54, 1.807) is 6.33 Å². The summed E-state index contributed by atoms with van der Waals surface area (Å²) < 4.78 is 13.7. The van der Waals surface area contributed by atoms with Crippen molar-refractivity contribution < 1.29 is 14.3 Å². The number of hydrogen-bond donors (Lipinski definition) is 1. The Morgan fingerprint density at radius 2 is 1.84 bits per heavy atom. The van der Waals surface area contributed by atoms with Crippen molar-refractivity contribution in [3.63, 3.8) is 0 Å². The highest BCUT2D eigenvalue weighted by atomic mass is 16.5. The van der Waals surface area contributed by atoms with Gasteiger partial charge in [0, 0.05) is 26.1 Å². The average molecular weight is 430 g/mol. The molecule has 0 radical (unpaired) electrons. The monoisotopic (exact) mass is 429 g/mol. The standard InChI is InChI=1S/C23H35N5O3/c1-5-13-30-20-8-7-19(15-21(20)31-14-6-2)17(3)25-23(29)28-11-9-18(10-12-28)22-26-24-16-27(22)4/h7-8,15-18H,5-6,9-14H2,1-4H3,(H,25,29). The van der Waals surface area contributed by atoms with Crippen LogP contribution in [0.4, 0.5) is 4.79 Å². The van der Waals surface area contributed by atoms with Gasteiger partial charge in [0.05, 0.1) is 19.3 Å². The summed E-state index contributed by atoms with van der Waals surface area (Å²) in [6.07, 6.45) is 5.38. The van der Waals surface area contributed by atoms with E-state index in [0.29, 0.717) is 32.2 Å².